The molecule has 0 fully saturated rings. The molecule has 4 aromatic carbocycles. The molecule has 10 aromatic rings. The van der Waals surface area contributed by atoms with Gasteiger partial charge < -0.3 is 18.6 Å². The highest BCUT2D eigenvalue weighted by atomic mass is 19.1. The predicted molar refractivity (Wildman–Crippen MR) is 211 cm³/mol. The maximum absolute atomic E-state index is 15.0. The van der Waals surface area contributed by atoms with E-state index in [0.717, 1.165) is 44.6 Å². The molecule has 12 heteroatoms. The monoisotopic (exact) mass is 740 g/mol. The van der Waals surface area contributed by atoms with E-state index in [0.29, 0.717) is 45.7 Å². The number of ether oxygens (including phenoxy) is 2. The predicted octanol–water partition coefficient (Wildman–Crippen LogP) is 10.2. The van der Waals surface area contributed by atoms with Crippen LogP contribution in [-0.4, -0.2) is 38.2 Å². The Bertz CT molecular complexity index is 2910. The van der Waals surface area contributed by atoms with Crippen molar-refractivity contribution in [1.82, 2.24) is 38.2 Å². The molecule has 0 amide bonds. The van der Waals surface area contributed by atoms with Gasteiger partial charge in [0.2, 0.25) is 0 Å². The normalized spacial score (nSPS) is 11.6. The SMILES string of the molecule is Cn1ccnc1-c1cccc(Oc2ccc3c(c2)n(-c2cc(F)ccn2)c2c4ccc(Oc5cccc(-c6nccn6C)c5)cc4n(-c4cc(F)ccn4)c32)c1. The lowest BCUT2D eigenvalue weighted by atomic mass is 10.2. The van der Waals surface area contributed by atoms with Crippen LogP contribution in [0.4, 0.5) is 8.78 Å². The first kappa shape index (κ1) is 33.0. The van der Waals surface area contributed by atoms with Crippen LogP contribution in [0, 0.1) is 11.6 Å². The number of aromatic nitrogens is 8. The van der Waals surface area contributed by atoms with Crippen molar-refractivity contribution in [1.29, 1.82) is 0 Å². The number of benzene rings is 4. The molecule has 272 valence electrons. The summed E-state index contributed by atoms with van der Waals surface area (Å²) >= 11 is 0. The van der Waals surface area contributed by atoms with Crippen LogP contribution in [0.15, 0.2) is 146 Å². The highest BCUT2D eigenvalue weighted by Crippen LogP contribution is 2.43. The molecule has 0 N–H and O–H groups in total. The van der Waals surface area contributed by atoms with Gasteiger partial charge in [-0.15, -0.1) is 0 Å². The van der Waals surface area contributed by atoms with Gasteiger partial charge in [-0.05, 0) is 60.7 Å². The fourth-order valence-corrected chi connectivity index (χ4v) is 7.33. The third-order valence-electron chi connectivity index (χ3n) is 9.77. The van der Waals surface area contributed by atoms with E-state index in [2.05, 4.69) is 19.9 Å². The summed E-state index contributed by atoms with van der Waals surface area (Å²) in [4.78, 5) is 18.2. The van der Waals surface area contributed by atoms with E-state index < -0.39 is 11.6 Å². The van der Waals surface area contributed by atoms with Gasteiger partial charge >= 0.3 is 0 Å². The number of imidazole rings is 2. The number of rotatable bonds is 8. The molecule has 10 nitrogen and oxygen atoms in total. The van der Waals surface area contributed by atoms with Crippen molar-refractivity contribution in [3.8, 4) is 57.4 Å². The third kappa shape index (κ3) is 5.62. The quantitative estimate of drug-likeness (QED) is 0.154. The van der Waals surface area contributed by atoms with Gasteiger partial charge in [-0.25, -0.2) is 28.7 Å². The Kier molecular flexibility index (Phi) is 7.70. The van der Waals surface area contributed by atoms with E-state index in [9.17, 15) is 8.78 Å². The number of halogens is 2. The Morgan fingerprint density at radius 2 is 0.911 bits per heavy atom. The maximum atomic E-state index is 15.0. The Balaban J connectivity index is 1.17. The Hall–Kier alpha value is -7.60. The summed E-state index contributed by atoms with van der Waals surface area (Å²) in [5, 5.41) is 1.57. The van der Waals surface area contributed by atoms with Crippen molar-refractivity contribution in [2.24, 2.45) is 14.1 Å². The highest BCUT2D eigenvalue weighted by Gasteiger charge is 2.25. The Morgan fingerprint density at radius 1 is 0.464 bits per heavy atom. The molecule has 0 aliphatic rings. The molecule has 0 bridgehead atoms. The van der Waals surface area contributed by atoms with E-state index in [-0.39, 0.29) is 0 Å². The summed E-state index contributed by atoms with van der Waals surface area (Å²) in [6, 6.07) is 32.3. The lowest BCUT2D eigenvalue weighted by molar-refractivity contribution is 0.483. The van der Waals surface area contributed by atoms with Crippen LogP contribution in [0.1, 0.15) is 0 Å². The van der Waals surface area contributed by atoms with Gasteiger partial charge in [0.15, 0.2) is 0 Å². The first-order chi connectivity index (χ1) is 27.4. The van der Waals surface area contributed by atoms with Crippen LogP contribution in [0.5, 0.6) is 23.0 Å². The first-order valence-corrected chi connectivity index (χ1v) is 17.8. The van der Waals surface area contributed by atoms with Gasteiger partial charge in [-0.3, -0.25) is 9.13 Å². The summed E-state index contributed by atoms with van der Waals surface area (Å²) in [5.74, 6) is 3.79. The molecule has 0 saturated heterocycles. The molecule has 6 heterocycles. The minimum Gasteiger partial charge on any atom is -0.457 e. The standard InChI is InChI=1S/C44H30F2N8O2/c1-51-19-17-49-43(51)27-5-3-7-31(21-27)55-33-9-11-35-37(25-33)53(39-23-29(45)13-15-47-39)42-36-12-10-34(26-38(36)54(41(35)42)40-24-30(46)14-16-48-40)56-32-8-4-6-28(22-32)44-50-18-20-52(44)2/h3-26H,1-2H3. The minimum absolute atomic E-state index is 0.358. The van der Waals surface area contributed by atoms with Crippen molar-refractivity contribution in [2.75, 3.05) is 0 Å². The second-order valence-electron chi connectivity index (χ2n) is 13.4. The largest absolute Gasteiger partial charge is 0.457 e. The first-order valence-electron chi connectivity index (χ1n) is 17.8. The highest BCUT2D eigenvalue weighted by molar-refractivity contribution is 6.20. The van der Waals surface area contributed by atoms with Gasteiger partial charge in [0.1, 0.15) is 57.9 Å². The van der Waals surface area contributed by atoms with E-state index in [4.69, 9.17) is 9.47 Å². The van der Waals surface area contributed by atoms with Gasteiger partial charge in [0.05, 0.1) is 22.1 Å². The average Bonchev–Trinajstić information content (AvgIpc) is 3.98. The second kappa shape index (κ2) is 13.1. The fourth-order valence-electron chi connectivity index (χ4n) is 7.33. The van der Waals surface area contributed by atoms with E-state index >= 15 is 0 Å². The molecule has 0 saturated carbocycles. The molecule has 10 rings (SSSR count). The zero-order chi connectivity index (χ0) is 37.9. The van der Waals surface area contributed by atoms with Crippen LogP contribution in [-0.2, 0) is 14.1 Å². The molecule has 0 aliphatic carbocycles. The number of fused-ring (bicyclic) bond motifs is 5. The molecular weight excluding hydrogens is 711 g/mol. The molecule has 0 spiro atoms. The van der Waals surface area contributed by atoms with Gasteiger partial charge in [0.25, 0.3) is 0 Å². The summed E-state index contributed by atoms with van der Waals surface area (Å²) in [5.41, 5.74) is 4.64. The number of hydrogen-bond donors (Lipinski definition) is 0. The zero-order valence-corrected chi connectivity index (χ0v) is 30.0. The zero-order valence-electron chi connectivity index (χ0n) is 30.0. The van der Waals surface area contributed by atoms with Crippen LogP contribution in [0.25, 0.3) is 67.3 Å². The van der Waals surface area contributed by atoms with Crippen LogP contribution < -0.4 is 9.47 Å². The molecule has 0 unspecified atom stereocenters. The summed E-state index contributed by atoms with van der Waals surface area (Å²) < 4.78 is 50.5. The topological polar surface area (TPSA) is 89.7 Å². The fraction of sp³-hybridized carbons (Fsp3) is 0.0455. The van der Waals surface area contributed by atoms with Crippen molar-refractivity contribution in [3.63, 3.8) is 0 Å². The second-order valence-corrected chi connectivity index (χ2v) is 13.4. The Morgan fingerprint density at radius 3 is 1.32 bits per heavy atom. The maximum Gasteiger partial charge on any atom is 0.140 e. The van der Waals surface area contributed by atoms with E-state index in [1.165, 1.54) is 36.7 Å². The summed E-state index contributed by atoms with van der Waals surface area (Å²) in [6.07, 6.45) is 10.2. The molecular formula is C44H30F2N8O2. The molecule has 0 atom stereocenters. The van der Waals surface area contributed by atoms with Crippen molar-refractivity contribution in [2.45, 2.75) is 0 Å². The van der Waals surface area contributed by atoms with E-state index in [1.807, 2.05) is 130 Å². The van der Waals surface area contributed by atoms with E-state index in [1.54, 1.807) is 12.4 Å². The number of aryl methyl sites for hydroxylation is 2. The van der Waals surface area contributed by atoms with Gasteiger partial charge in [-0.1, -0.05) is 24.3 Å². The summed E-state index contributed by atoms with van der Waals surface area (Å²) in [7, 11) is 3.88. The third-order valence-corrected chi connectivity index (χ3v) is 9.77. The molecule has 0 aliphatic heterocycles. The number of hydrogen-bond acceptors (Lipinski definition) is 6. The van der Waals surface area contributed by atoms with Crippen LogP contribution >= 0.6 is 0 Å². The lowest BCUT2D eigenvalue weighted by Crippen LogP contribution is -1.98. The minimum atomic E-state index is -0.442. The van der Waals surface area contributed by atoms with Crippen molar-refractivity contribution < 1.29 is 18.3 Å². The molecule has 0 radical (unpaired) electrons. The average molecular weight is 741 g/mol. The van der Waals surface area contributed by atoms with Gasteiger partial charge in [-0.2, -0.15) is 0 Å². The van der Waals surface area contributed by atoms with Crippen LogP contribution in [0.2, 0.25) is 0 Å². The van der Waals surface area contributed by atoms with Crippen molar-refractivity contribution >= 4 is 32.8 Å². The summed E-state index contributed by atoms with van der Waals surface area (Å²) in [6.45, 7) is 0. The lowest BCUT2D eigenvalue weighted by Gasteiger charge is -2.12. The Labute approximate surface area is 318 Å². The molecule has 6 aromatic heterocycles. The van der Waals surface area contributed by atoms with Crippen molar-refractivity contribution in [3.05, 3.63) is 158 Å². The molecule has 56 heavy (non-hydrogen) atoms. The smallest absolute Gasteiger partial charge is 0.140 e. The number of pyridine rings is 2. The number of nitrogens with zero attached hydrogens (tertiary/aromatic N) is 8. The van der Waals surface area contributed by atoms with Gasteiger partial charge in [0, 0.05) is 97.4 Å². The van der Waals surface area contributed by atoms with Crippen LogP contribution in [0.3, 0.4) is 0 Å².